The second-order valence-corrected chi connectivity index (χ2v) is 5.40. The first-order chi connectivity index (χ1) is 8.40. The molecule has 0 aromatic rings. The Morgan fingerprint density at radius 2 is 1.61 bits per heavy atom. The van der Waals surface area contributed by atoms with Gasteiger partial charge < -0.3 is 10.4 Å². The maximum absolute atomic E-state index is 11.7. The number of amides is 1. The highest BCUT2D eigenvalue weighted by Gasteiger charge is 2.24. The van der Waals surface area contributed by atoms with Crippen molar-refractivity contribution < 1.29 is 14.7 Å². The van der Waals surface area contributed by atoms with Gasteiger partial charge in [0.25, 0.3) is 0 Å². The number of hydrogen-bond donors (Lipinski definition) is 2. The number of carboxylic acid groups (broad SMARTS) is 1. The molecule has 0 bridgehead atoms. The molecule has 0 aliphatic carbocycles. The molecular formula is C14H27NO3. The van der Waals surface area contributed by atoms with Crippen LogP contribution in [0.15, 0.2) is 0 Å². The standard InChI is InChI=1S/C14H27NO3/c1-4-14(2,3)13(18)15-11-9-7-5-6-8-10-12(16)17/h4-11H2,1-3H3,(H,15,18)(H,16,17). The van der Waals surface area contributed by atoms with Crippen LogP contribution in [0.2, 0.25) is 0 Å². The van der Waals surface area contributed by atoms with Crippen LogP contribution >= 0.6 is 0 Å². The van der Waals surface area contributed by atoms with Gasteiger partial charge in [-0.15, -0.1) is 0 Å². The van der Waals surface area contributed by atoms with Crippen molar-refractivity contribution >= 4 is 11.9 Å². The van der Waals surface area contributed by atoms with E-state index in [1.54, 1.807) is 0 Å². The van der Waals surface area contributed by atoms with Gasteiger partial charge in [-0.3, -0.25) is 9.59 Å². The van der Waals surface area contributed by atoms with Crippen LogP contribution in [0.25, 0.3) is 0 Å². The first-order valence-electron chi connectivity index (χ1n) is 6.90. The minimum Gasteiger partial charge on any atom is -0.481 e. The Morgan fingerprint density at radius 3 is 2.17 bits per heavy atom. The molecule has 0 radical (unpaired) electrons. The lowest BCUT2D eigenvalue weighted by Crippen LogP contribution is -2.36. The van der Waals surface area contributed by atoms with Crippen molar-refractivity contribution in [1.29, 1.82) is 0 Å². The fourth-order valence-electron chi connectivity index (χ4n) is 1.53. The van der Waals surface area contributed by atoms with Gasteiger partial charge in [-0.05, 0) is 19.3 Å². The molecule has 0 unspecified atom stereocenters. The number of hydrogen-bond acceptors (Lipinski definition) is 2. The number of carboxylic acids is 1. The Balaban J connectivity index is 3.41. The summed E-state index contributed by atoms with van der Waals surface area (Å²) in [5, 5.41) is 11.4. The zero-order chi connectivity index (χ0) is 14.0. The summed E-state index contributed by atoms with van der Waals surface area (Å²) in [6.07, 6.45) is 5.88. The van der Waals surface area contributed by atoms with E-state index in [0.29, 0.717) is 0 Å². The van der Waals surface area contributed by atoms with Crippen molar-refractivity contribution in [2.75, 3.05) is 6.54 Å². The molecule has 1 amide bonds. The smallest absolute Gasteiger partial charge is 0.303 e. The van der Waals surface area contributed by atoms with Gasteiger partial charge in [0.15, 0.2) is 0 Å². The molecule has 0 aromatic heterocycles. The molecule has 0 aliphatic heterocycles. The van der Waals surface area contributed by atoms with Crippen molar-refractivity contribution in [3.63, 3.8) is 0 Å². The molecule has 18 heavy (non-hydrogen) atoms. The summed E-state index contributed by atoms with van der Waals surface area (Å²) in [4.78, 5) is 22.0. The van der Waals surface area contributed by atoms with Crippen molar-refractivity contribution in [1.82, 2.24) is 5.32 Å². The second-order valence-electron chi connectivity index (χ2n) is 5.40. The molecule has 0 heterocycles. The van der Waals surface area contributed by atoms with Crippen LogP contribution in [-0.2, 0) is 9.59 Å². The molecule has 0 aromatic carbocycles. The van der Waals surface area contributed by atoms with Crippen LogP contribution in [0.1, 0.15) is 65.7 Å². The van der Waals surface area contributed by atoms with Crippen molar-refractivity contribution in [3.05, 3.63) is 0 Å². The fourth-order valence-corrected chi connectivity index (χ4v) is 1.53. The summed E-state index contributed by atoms with van der Waals surface area (Å²) < 4.78 is 0. The largest absolute Gasteiger partial charge is 0.481 e. The second kappa shape index (κ2) is 8.95. The summed E-state index contributed by atoms with van der Waals surface area (Å²) in [6, 6.07) is 0. The number of rotatable bonds is 10. The molecule has 4 nitrogen and oxygen atoms in total. The van der Waals surface area contributed by atoms with Crippen LogP contribution in [0.3, 0.4) is 0 Å². The topological polar surface area (TPSA) is 66.4 Å². The summed E-state index contributed by atoms with van der Waals surface area (Å²) in [7, 11) is 0. The molecular weight excluding hydrogens is 230 g/mol. The van der Waals surface area contributed by atoms with Crippen LogP contribution in [0.5, 0.6) is 0 Å². The normalized spacial score (nSPS) is 11.3. The van der Waals surface area contributed by atoms with E-state index in [2.05, 4.69) is 5.32 Å². The predicted molar refractivity (Wildman–Crippen MR) is 72.4 cm³/mol. The summed E-state index contributed by atoms with van der Waals surface area (Å²) in [5.41, 5.74) is -0.276. The van der Waals surface area contributed by atoms with E-state index in [1.807, 2.05) is 20.8 Å². The van der Waals surface area contributed by atoms with Gasteiger partial charge in [0.05, 0.1) is 0 Å². The summed E-state index contributed by atoms with van der Waals surface area (Å²) in [5.74, 6) is -0.597. The van der Waals surface area contributed by atoms with E-state index in [1.165, 1.54) is 0 Å². The molecule has 0 aliphatic rings. The van der Waals surface area contributed by atoms with Gasteiger partial charge in [-0.1, -0.05) is 40.0 Å². The minimum absolute atomic E-state index is 0.121. The molecule has 0 atom stereocenters. The Kier molecular flexibility index (Phi) is 8.42. The lowest BCUT2D eigenvalue weighted by Gasteiger charge is -2.21. The molecule has 0 saturated carbocycles. The third-order valence-electron chi connectivity index (χ3n) is 3.35. The molecule has 4 heteroatoms. The van der Waals surface area contributed by atoms with Gasteiger partial charge in [0, 0.05) is 18.4 Å². The fraction of sp³-hybridized carbons (Fsp3) is 0.857. The maximum atomic E-state index is 11.7. The molecule has 2 N–H and O–H groups in total. The van der Waals surface area contributed by atoms with Crippen LogP contribution in [0.4, 0.5) is 0 Å². The average Bonchev–Trinajstić information content (AvgIpc) is 2.31. The third-order valence-corrected chi connectivity index (χ3v) is 3.35. The molecule has 106 valence electrons. The maximum Gasteiger partial charge on any atom is 0.303 e. The van der Waals surface area contributed by atoms with Gasteiger partial charge >= 0.3 is 5.97 Å². The molecule has 0 saturated heterocycles. The number of unbranched alkanes of at least 4 members (excludes halogenated alkanes) is 4. The zero-order valence-corrected chi connectivity index (χ0v) is 11.9. The lowest BCUT2D eigenvalue weighted by molar-refractivity contribution is -0.137. The average molecular weight is 257 g/mol. The quantitative estimate of drug-likeness (QED) is 0.591. The SMILES string of the molecule is CCC(C)(C)C(=O)NCCCCCCCC(=O)O. The Hall–Kier alpha value is -1.06. The summed E-state index contributed by atoms with van der Waals surface area (Å²) >= 11 is 0. The van der Waals surface area contributed by atoms with Crippen molar-refractivity contribution in [2.45, 2.75) is 65.7 Å². The van der Waals surface area contributed by atoms with Crippen molar-refractivity contribution in [2.24, 2.45) is 5.41 Å². The highest BCUT2D eigenvalue weighted by molar-refractivity contribution is 5.81. The van der Waals surface area contributed by atoms with Gasteiger partial charge in [0.2, 0.25) is 5.91 Å². The van der Waals surface area contributed by atoms with E-state index in [-0.39, 0.29) is 17.7 Å². The van der Waals surface area contributed by atoms with Gasteiger partial charge in [-0.25, -0.2) is 0 Å². The Bertz CT molecular complexity index is 262. The van der Waals surface area contributed by atoms with E-state index < -0.39 is 5.97 Å². The van der Waals surface area contributed by atoms with E-state index in [4.69, 9.17) is 5.11 Å². The molecule has 0 spiro atoms. The van der Waals surface area contributed by atoms with Gasteiger partial charge in [-0.2, -0.15) is 0 Å². The third kappa shape index (κ3) is 8.09. The Morgan fingerprint density at radius 1 is 1.06 bits per heavy atom. The molecule has 0 rings (SSSR count). The summed E-state index contributed by atoms with van der Waals surface area (Å²) in [6.45, 7) is 6.64. The van der Waals surface area contributed by atoms with Crippen LogP contribution < -0.4 is 5.32 Å². The number of nitrogens with one attached hydrogen (secondary N) is 1. The number of carbonyl (C=O) groups excluding carboxylic acids is 1. The highest BCUT2D eigenvalue weighted by Crippen LogP contribution is 2.19. The monoisotopic (exact) mass is 257 g/mol. The van der Waals surface area contributed by atoms with E-state index in [9.17, 15) is 9.59 Å². The zero-order valence-electron chi connectivity index (χ0n) is 11.9. The first-order valence-corrected chi connectivity index (χ1v) is 6.90. The lowest BCUT2D eigenvalue weighted by atomic mass is 9.89. The van der Waals surface area contributed by atoms with Crippen LogP contribution in [-0.4, -0.2) is 23.5 Å². The molecule has 0 fully saturated rings. The minimum atomic E-state index is -0.718. The Labute approximate surface area is 110 Å². The van der Waals surface area contributed by atoms with Crippen LogP contribution in [0, 0.1) is 5.41 Å². The van der Waals surface area contributed by atoms with E-state index >= 15 is 0 Å². The van der Waals surface area contributed by atoms with E-state index in [0.717, 1.165) is 45.1 Å². The number of aliphatic carboxylic acids is 1. The van der Waals surface area contributed by atoms with Crippen molar-refractivity contribution in [3.8, 4) is 0 Å². The highest BCUT2D eigenvalue weighted by atomic mass is 16.4. The first kappa shape index (κ1) is 16.9. The van der Waals surface area contributed by atoms with Gasteiger partial charge in [0.1, 0.15) is 0 Å². The number of carbonyl (C=O) groups is 2. The predicted octanol–water partition coefficient (Wildman–Crippen LogP) is 2.96.